The third-order valence-electron chi connectivity index (χ3n) is 2.01. The predicted molar refractivity (Wildman–Crippen MR) is 57.3 cm³/mol. The molecule has 16 heavy (non-hydrogen) atoms. The largest absolute Gasteiger partial charge is 0.507 e. The van der Waals surface area contributed by atoms with Gasteiger partial charge in [-0.1, -0.05) is 12.1 Å². The van der Waals surface area contributed by atoms with E-state index in [2.05, 4.69) is 5.32 Å². The normalized spacial score (nSPS) is 11.8. The van der Waals surface area contributed by atoms with E-state index in [-0.39, 0.29) is 17.7 Å². The second-order valence-corrected chi connectivity index (χ2v) is 3.49. The third kappa shape index (κ3) is 3.27. The van der Waals surface area contributed by atoms with Crippen LogP contribution in [0, 0.1) is 0 Å². The fourth-order valence-corrected chi connectivity index (χ4v) is 1.28. The number of hydrogen-bond acceptors (Lipinski definition) is 3. The molecule has 0 aliphatic heterocycles. The second-order valence-electron chi connectivity index (χ2n) is 3.49. The molecule has 0 saturated carbocycles. The lowest BCUT2D eigenvalue weighted by atomic mass is 10.1. The molecule has 1 unspecified atom stereocenters. The Balaban J connectivity index is 2.66. The van der Waals surface area contributed by atoms with Crippen molar-refractivity contribution in [1.29, 1.82) is 0 Å². The monoisotopic (exact) mass is 223 g/mol. The minimum absolute atomic E-state index is 0.123. The smallest absolute Gasteiger partial charge is 0.305 e. The van der Waals surface area contributed by atoms with Gasteiger partial charge >= 0.3 is 5.97 Å². The molecule has 1 rings (SSSR count). The maximum absolute atomic E-state index is 11.6. The summed E-state index contributed by atoms with van der Waals surface area (Å²) in [7, 11) is 0. The number of nitrogens with one attached hydrogen (secondary N) is 1. The second kappa shape index (κ2) is 5.16. The first-order chi connectivity index (χ1) is 7.50. The van der Waals surface area contributed by atoms with E-state index in [1.54, 1.807) is 19.1 Å². The summed E-state index contributed by atoms with van der Waals surface area (Å²) in [6.45, 7) is 1.59. The summed E-state index contributed by atoms with van der Waals surface area (Å²) in [5.74, 6) is -1.58. The molecule has 1 aromatic rings. The Hall–Kier alpha value is -2.04. The highest BCUT2D eigenvalue weighted by molar-refractivity contribution is 5.97. The number of phenols is 1. The maximum atomic E-state index is 11.6. The standard InChI is InChI=1S/C11H13NO4/c1-7(6-10(14)15)12-11(16)8-4-2-3-5-9(8)13/h2-5,7,13H,6H2,1H3,(H,12,16)(H,14,15). The van der Waals surface area contributed by atoms with Crippen LogP contribution in [-0.4, -0.2) is 28.1 Å². The molecule has 0 aliphatic rings. The molecular weight excluding hydrogens is 210 g/mol. The van der Waals surface area contributed by atoms with Crippen molar-refractivity contribution in [1.82, 2.24) is 5.32 Å². The zero-order valence-corrected chi connectivity index (χ0v) is 8.80. The summed E-state index contributed by atoms with van der Waals surface area (Å²) in [6, 6.07) is 5.61. The number of carboxylic acid groups (broad SMARTS) is 1. The lowest BCUT2D eigenvalue weighted by molar-refractivity contribution is -0.137. The number of amides is 1. The number of aliphatic carboxylic acids is 1. The highest BCUT2D eigenvalue weighted by Crippen LogP contribution is 2.15. The van der Waals surface area contributed by atoms with Gasteiger partial charge in [-0.25, -0.2) is 0 Å². The number of carbonyl (C=O) groups excluding carboxylic acids is 1. The number of carbonyl (C=O) groups is 2. The summed E-state index contributed by atoms with van der Waals surface area (Å²) in [6.07, 6.45) is -0.153. The summed E-state index contributed by atoms with van der Waals surface area (Å²) in [5.41, 5.74) is 0.139. The molecule has 1 aromatic carbocycles. The van der Waals surface area contributed by atoms with Crippen molar-refractivity contribution in [3.8, 4) is 5.75 Å². The van der Waals surface area contributed by atoms with Crippen LogP contribution in [0.1, 0.15) is 23.7 Å². The highest BCUT2D eigenvalue weighted by atomic mass is 16.4. The van der Waals surface area contributed by atoms with Gasteiger partial charge in [0.25, 0.3) is 5.91 Å². The van der Waals surface area contributed by atoms with Crippen molar-refractivity contribution in [2.45, 2.75) is 19.4 Å². The molecule has 1 amide bonds. The van der Waals surface area contributed by atoms with Crippen LogP contribution in [0.4, 0.5) is 0 Å². The highest BCUT2D eigenvalue weighted by Gasteiger charge is 2.14. The zero-order valence-electron chi connectivity index (χ0n) is 8.80. The molecule has 0 fully saturated rings. The predicted octanol–water partition coefficient (Wildman–Crippen LogP) is 0.985. The first-order valence-electron chi connectivity index (χ1n) is 4.81. The van der Waals surface area contributed by atoms with Crippen LogP contribution in [0.25, 0.3) is 0 Å². The lowest BCUT2D eigenvalue weighted by Gasteiger charge is -2.11. The molecule has 5 heteroatoms. The van der Waals surface area contributed by atoms with Crippen LogP contribution in [0.2, 0.25) is 0 Å². The quantitative estimate of drug-likeness (QED) is 0.710. The SMILES string of the molecule is CC(CC(=O)O)NC(=O)c1ccccc1O. The van der Waals surface area contributed by atoms with Crippen molar-refractivity contribution in [2.75, 3.05) is 0 Å². The Labute approximate surface area is 92.7 Å². The summed E-state index contributed by atoms with van der Waals surface area (Å²) < 4.78 is 0. The van der Waals surface area contributed by atoms with E-state index in [0.29, 0.717) is 0 Å². The van der Waals surface area contributed by atoms with Crippen LogP contribution < -0.4 is 5.32 Å². The summed E-state index contributed by atoms with van der Waals surface area (Å²) >= 11 is 0. The Morgan fingerprint density at radius 1 is 1.38 bits per heavy atom. The topological polar surface area (TPSA) is 86.6 Å². The first kappa shape index (κ1) is 12.0. The molecule has 0 aromatic heterocycles. The molecule has 0 saturated heterocycles. The van der Waals surface area contributed by atoms with Gasteiger partial charge in [0.05, 0.1) is 12.0 Å². The van der Waals surface area contributed by atoms with Gasteiger partial charge in [0.2, 0.25) is 0 Å². The average Bonchev–Trinajstić information content (AvgIpc) is 2.16. The van der Waals surface area contributed by atoms with Crippen LogP contribution in [0.3, 0.4) is 0 Å². The Kier molecular flexibility index (Phi) is 3.88. The molecule has 0 radical (unpaired) electrons. The molecular formula is C11H13NO4. The van der Waals surface area contributed by atoms with E-state index in [4.69, 9.17) is 5.11 Å². The minimum Gasteiger partial charge on any atom is -0.507 e. The molecule has 86 valence electrons. The molecule has 5 nitrogen and oxygen atoms in total. The fraction of sp³-hybridized carbons (Fsp3) is 0.273. The van der Waals surface area contributed by atoms with Gasteiger partial charge in [0.1, 0.15) is 5.75 Å². The van der Waals surface area contributed by atoms with Crippen molar-refractivity contribution in [2.24, 2.45) is 0 Å². The van der Waals surface area contributed by atoms with E-state index in [0.717, 1.165) is 0 Å². The fourth-order valence-electron chi connectivity index (χ4n) is 1.28. The van der Waals surface area contributed by atoms with Gasteiger partial charge in [-0.3, -0.25) is 9.59 Å². The number of para-hydroxylation sites is 1. The van der Waals surface area contributed by atoms with Gasteiger partial charge in [0, 0.05) is 6.04 Å². The van der Waals surface area contributed by atoms with E-state index in [1.807, 2.05) is 0 Å². The Bertz CT molecular complexity index is 403. The average molecular weight is 223 g/mol. The van der Waals surface area contributed by atoms with E-state index >= 15 is 0 Å². The molecule has 3 N–H and O–H groups in total. The lowest BCUT2D eigenvalue weighted by Crippen LogP contribution is -2.34. The van der Waals surface area contributed by atoms with Crippen LogP contribution >= 0.6 is 0 Å². The van der Waals surface area contributed by atoms with Gasteiger partial charge < -0.3 is 15.5 Å². The summed E-state index contributed by atoms with van der Waals surface area (Å²) in [5, 5.41) is 20.4. The van der Waals surface area contributed by atoms with Crippen molar-refractivity contribution in [3.05, 3.63) is 29.8 Å². The number of carboxylic acids is 1. The van der Waals surface area contributed by atoms with Crippen molar-refractivity contribution >= 4 is 11.9 Å². The Morgan fingerprint density at radius 2 is 2.00 bits per heavy atom. The molecule has 0 bridgehead atoms. The van der Waals surface area contributed by atoms with Gasteiger partial charge in [-0.2, -0.15) is 0 Å². The number of rotatable bonds is 4. The number of hydrogen-bond donors (Lipinski definition) is 3. The van der Waals surface area contributed by atoms with Crippen molar-refractivity contribution in [3.63, 3.8) is 0 Å². The van der Waals surface area contributed by atoms with E-state index in [9.17, 15) is 14.7 Å². The number of benzene rings is 1. The van der Waals surface area contributed by atoms with E-state index in [1.165, 1.54) is 12.1 Å². The summed E-state index contributed by atoms with van der Waals surface area (Å²) in [4.78, 5) is 22.0. The van der Waals surface area contributed by atoms with Gasteiger partial charge in [0.15, 0.2) is 0 Å². The number of phenolic OH excluding ortho intramolecular Hbond substituents is 1. The maximum Gasteiger partial charge on any atom is 0.305 e. The third-order valence-corrected chi connectivity index (χ3v) is 2.01. The van der Waals surface area contributed by atoms with Crippen LogP contribution in [0.5, 0.6) is 5.75 Å². The minimum atomic E-state index is -0.981. The van der Waals surface area contributed by atoms with Gasteiger partial charge in [-0.15, -0.1) is 0 Å². The molecule has 0 heterocycles. The van der Waals surface area contributed by atoms with E-state index < -0.39 is 17.9 Å². The Morgan fingerprint density at radius 3 is 2.56 bits per heavy atom. The molecule has 0 aliphatic carbocycles. The van der Waals surface area contributed by atoms with Crippen LogP contribution in [0.15, 0.2) is 24.3 Å². The van der Waals surface area contributed by atoms with Gasteiger partial charge in [-0.05, 0) is 19.1 Å². The van der Waals surface area contributed by atoms with Crippen molar-refractivity contribution < 1.29 is 19.8 Å². The van der Waals surface area contributed by atoms with Crippen LogP contribution in [-0.2, 0) is 4.79 Å². The molecule has 1 atom stereocenters. The zero-order chi connectivity index (χ0) is 12.1. The molecule has 0 spiro atoms. The number of aromatic hydroxyl groups is 1. The first-order valence-corrected chi connectivity index (χ1v) is 4.81.